The topological polar surface area (TPSA) is 60.2 Å². The van der Waals surface area contributed by atoms with Gasteiger partial charge in [-0.25, -0.2) is 0 Å². The second kappa shape index (κ2) is 3.66. The summed E-state index contributed by atoms with van der Waals surface area (Å²) in [5, 5.41) is 10.4. The summed E-state index contributed by atoms with van der Waals surface area (Å²) in [5.74, 6) is 0. The van der Waals surface area contributed by atoms with Crippen LogP contribution in [0.15, 0.2) is 23.1 Å². The lowest BCUT2D eigenvalue weighted by Crippen LogP contribution is -1.94. The van der Waals surface area contributed by atoms with Crippen molar-refractivity contribution in [3.8, 4) is 0 Å². The molecule has 0 bridgehead atoms. The zero-order chi connectivity index (χ0) is 10.0. The van der Waals surface area contributed by atoms with E-state index in [0.29, 0.717) is 10.5 Å². The highest BCUT2D eigenvalue weighted by Gasteiger charge is 2.09. The molecule has 13 heavy (non-hydrogen) atoms. The zero-order valence-corrected chi connectivity index (χ0v) is 8.13. The van der Waals surface area contributed by atoms with Crippen LogP contribution in [0.2, 0.25) is 0 Å². The van der Waals surface area contributed by atoms with Gasteiger partial charge in [-0.05, 0) is 18.6 Å². The van der Waals surface area contributed by atoms with Crippen molar-refractivity contribution in [3.05, 3.63) is 33.9 Å². The van der Waals surface area contributed by atoms with Crippen molar-refractivity contribution < 1.29 is 9.13 Å². The van der Waals surface area contributed by atoms with Crippen LogP contribution in [0.4, 0.5) is 5.69 Å². The van der Waals surface area contributed by atoms with Crippen molar-refractivity contribution in [3.63, 3.8) is 0 Å². The highest BCUT2D eigenvalue weighted by atomic mass is 32.2. The van der Waals surface area contributed by atoms with E-state index in [1.165, 1.54) is 18.2 Å². The van der Waals surface area contributed by atoms with Crippen molar-refractivity contribution in [1.29, 1.82) is 0 Å². The number of nitrogens with zero attached hydrogens (tertiary/aromatic N) is 1. The summed E-state index contributed by atoms with van der Waals surface area (Å²) in [4.78, 5) is 10.5. The molecule has 0 aromatic heterocycles. The predicted octanol–water partition coefficient (Wildman–Crippen LogP) is 1.64. The van der Waals surface area contributed by atoms with Gasteiger partial charge in [0.1, 0.15) is 0 Å². The Morgan fingerprint density at radius 2 is 2.08 bits per heavy atom. The molecule has 0 fully saturated rings. The Bertz CT molecular complexity index is 376. The molecule has 5 heteroatoms. The van der Waals surface area contributed by atoms with Gasteiger partial charge in [0.05, 0.1) is 15.7 Å². The van der Waals surface area contributed by atoms with Gasteiger partial charge in [-0.15, -0.1) is 0 Å². The van der Waals surface area contributed by atoms with Crippen LogP contribution in [-0.4, -0.2) is 15.4 Å². The zero-order valence-electron chi connectivity index (χ0n) is 7.31. The first-order valence-electron chi connectivity index (χ1n) is 3.61. The molecule has 0 saturated carbocycles. The smallest absolute Gasteiger partial charge is 0.258 e. The van der Waals surface area contributed by atoms with Gasteiger partial charge in [0, 0.05) is 23.3 Å². The summed E-state index contributed by atoms with van der Waals surface area (Å²) < 4.78 is 11.1. The summed E-state index contributed by atoms with van der Waals surface area (Å²) in [6, 6.07) is 4.32. The van der Waals surface area contributed by atoms with Crippen LogP contribution in [0.3, 0.4) is 0 Å². The van der Waals surface area contributed by atoms with Crippen molar-refractivity contribution in [2.24, 2.45) is 0 Å². The molecule has 1 aromatic rings. The largest absolute Gasteiger partial charge is 0.269 e. The van der Waals surface area contributed by atoms with Gasteiger partial charge >= 0.3 is 0 Å². The van der Waals surface area contributed by atoms with Crippen molar-refractivity contribution in [1.82, 2.24) is 0 Å². The Morgan fingerprint density at radius 1 is 1.46 bits per heavy atom. The van der Waals surface area contributed by atoms with Crippen LogP contribution in [0, 0.1) is 17.0 Å². The standard InChI is InChI=1S/C8H9NO3S/c1-6-5-7(9(10)11)3-4-8(6)13(2)12/h3-5H,1-2H3. The first-order valence-corrected chi connectivity index (χ1v) is 5.16. The second-order valence-corrected chi connectivity index (χ2v) is 4.01. The minimum Gasteiger partial charge on any atom is -0.258 e. The summed E-state index contributed by atoms with van der Waals surface area (Å²) >= 11 is 0. The van der Waals surface area contributed by atoms with Crippen LogP contribution in [0.5, 0.6) is 0 Å². The fourth-order valence-electron chi connectivity index (χ4n) is 1.07. The van der Waals surface area contributed by atoms with E-state index in [1.54, 1.807) is 13.2 Å². The molecule has 0 aliphatic carbocycles. The molecule has 1 aromatic carbocycles. The Balaban J connectivity index is 3.20. The molecule has 1 atom stereocenters. The highest BCUT2D eigenvalue weighted by molar-refractivity contribution is 7.84. The summed E-state index contributed by atoms with van der Waals surface area (Å²) in [6.45, 7) is 1.71. The van der Waals surface area contributed by atoms with E-state index in [9.17, 15) is 14.3 Å². The summed E-state index contributed by atoms with van der Waals surface area (Å²) in [7, 11) is -1.08. The van der Waals surface area contributed by atoms with E-state index < -0.39 is 15.7 Å². The lowest BCUT2D eigenvalue weighted by Gasteiger charge is -2.00. The molecule has 0 aliphatic heterocycles. The van der Waals surface area contributed by atoms with Crippen LogP contribution in [0.1, 0.15) is 5.56 Å². The Hall–Kier alpha value is -1.23. The molecule has 0 heterocycles. The Morgan fingerprint density at radius 3 is 2.46 bits per heavy atom. The number of nitro groups is 1. The molecule has 70 valence electrons. The van der Waals surface area contributed by atoms with Crippen molar-refractivity contribution in [2.45, 2.75) is 11.8 Å². The molecule has 1 rings (SSSR count). The number of hydrogen-bond acceptors (Lipinski definition) is 3. The van der Waals surface area contributed by atoms with E-state index >= 15 is 0 Å². The maximum atomic E-state index is 11.1. The molecule has 0 radical (unpaired) electrons. The third-order valence-electron chi connectivity index (χ3n) is 1.68. The average molecular weight is 199 g/mol. The summed E-state index contributed by atoms with van der Waals surface area (Å²) in [6.07, 6.45) is 1.55. The summed E-state index contributed by atoms with van der Waals surface area (Å²) in [5.41, 5.74) is 0.724. The lowest BCUT2D eigenvalue weighted by molar-refractivity contribution is -0.385. The molecule has 0 aliphatic rings. The maximum absolute atomic E-state index is 11.1. The number of non-ortho nitro benzene ring substituents is 1. The van der Waals surface area contributed by atoms with Crippen molar-refractivity contribution >= 4 is 16.5 Å². The third-order valence-corrected chi connectivity index (χ3v) is 2.76. The van der Waals surface area contributed by atoms with E-state index in [4.69, 9.17) is 0 Å². The number of aryl methyl sites for hydroxylation is 1. The number of nitro benzene ring substituents is 1. The Labute approximate surface area is 78.2 Å². The number of hydrogen-bond donors (Lipinski definition) is 0. The molecular weight excluding hydrogens is 190 g/mol. The van der Waals surface area contributed by atoms with Crippen LogP contribution in [0.25, 0.3) is 0 Å². The predicted molar refractivity (Wildman–Crippen MR) is 50.2 cm³/mol. The molecule has 0 N–H and O–H groups in total. The third kappa shape index (κ3) is 2.12. The minimum atomic E-state index is -1.08. The van der Waals surface area contributed by atoms with E-state index in [-0.39, 0.29) is 5.69 Å². The molecule has 0 saturated heterocycles. The van der Waals surface area contributed by atoms with Gasteiger partial charge in [0.15, 0.2) is 0 Å². The van der Waals surface area contributed by atoms with Gasteiger partial charge in [0.2, 0.25) is 0 Å². The SMILES string of the molecule is Cc1cc([N+](=O)[O-])ccc1S(C)=O. The Kier molecular flexibility index (Phi) is 2.77. The van der Waals surface area contributed by atoms with Gasteiger partial charge in [-0.2, -0.15) is 0 Å². The molecule has 0 amide bonds. The monoisotopic (exact) mass is 199 g/mol. The quantitative estimate of drug-likeness (QED) is 0.537. The van der Waals surface area contributed by atoms with Crippen LogP contribution >= 0.6 is 0 Å². The molecule has 0 spiro atoms. The van der Waals surface area contributed by atoms with Crippen molar-refractivity contribution in [2.75, 3.05) is 6.26 Å². The molecular formula is C8H9NO3S. The van der Waals surface area contributed by atoms with E-state index in [1.807, 2.05) is 0 Å². The number of benzene rings is 1. The average Bonchev–Trinajstić information content (AvgIpc) is 2.03. The second-order valence-electron chi connectivity index (χ2n) is 2.66. The normalized spacial score (nSPS) is 12.5. The fraction of sp³-hybridized carbons (Fsp3) is 0.250. The first kappa shape index (κ1) is 9.85. The lowest BCUT2D eigenvalue weighted by atomic mass is 10.2. The van der Waals surface area contributed by atoms with Gasteiger partial charge in [-0.3, -0.25) is 14.3 Å². The van der Waals surface area contributed by atoms with Gasteiger partial charge < -0.3 is 0 Å². The van der Waals surface area contributed by atoms with Gasteiger partial charge in [0.25, 0.3) is 5.69 Å². The van der Waals surface area contributed by atoms with E-state index in [2.05, 4.69) is 0 Å². The molecule has 1 unspecified atom stereocenters. The highest BCUT2D eigenvalue weighted by Crippen LogP contribution is 2.18. The minimum absolute atomic E-state index is 0.0340. The van der Waals surface area contributed by atoms with Gasteiger partial charge in [-0.1, -0.05) is 0 Å². The maximum Gasteiger partial charge on any atom is 0.269 e. The van der Waals surface area contributed by atoms with E-state index in [0.717, 1.165) is 0 Å². The molecule has 4 nitrogen and oxygen atoms in total. The number of rotatable bonds is 2. The van der Waals surface area contributed by atoms with Crippen LogP contribution in [-0.2, 0) is 10.8 Å². The fourth-order valence-corrected chi connectivity index (χ4v) is 1.84. The first-order chi connectivity index (χ1) is 6.02. The van der Waals surface area contributed by atoms with Crippen LogP contribution < -0.4 is 0 Å².